The second-order valence-corrected chi connectivity index (χ2v) is 6.48. The number of aromatic nitrogens is 1. The summed E-state index contributed by atoms with van der Waals surface area (Å²) < 4.78 is 2.35. The number of nitrogens with zero attached hydrogens (tertiary/aromatic N) is 1. The molecule has 0 bridgehead atoms. The third-order valence-corrected chi connectivity index (χ3v) is 3.99. The molecule has 2 N–H and O–H groups in total. The number of hydrogen-bond donors (Lipinski definition) is 1. The van der Waals surface area contributed by atoms with Crippen molar-refractivity contribution in [1.82, 2.24) is 4.57 Å². The van der Waals surface area contributed by atoms with Crippen molar-refractivity contribution in [2.24, 2.45) is 11.7 Å². The Morgan fingerprint density at radius 2 is 2.05 bits per heavy atom. The van der Waals surface area contributed by atoms with E-state index in [0.717, 1.165) is 18.0 Å². The summed E-state index contributed by atoms with van der Waals surface area (Å²) in [5.74, 6) is 0.678. The van der Waals surface area contributed by atoms with E-state index < -0.39 is 0 Å². The first-order valence-electron chi connectivity index (χ1n) is 7.54. The van der Waals surface area contributed by atoms with Crippen molar-refractivity contribution in [2.45, 2.75) is 52.6 Å². The fourth-order valence-corrected chi connectivity index (χ4v) is 3.09. The highest BCUT2D eigenvalue weighted by atomic mass is 35.5. The Kier molecular flexibility index (Phi) is 5.11. The molecule has 2 aromatic rings. The molecule has 0 spiro atoms. The standard InChI is InChI=1S/C17H25ClN2/c1-4-5-12(2)10-20-11-14(8-13(3)19)16-7-6-15(18)9-17(16)20/h6-7,9,11-13H,4-5,8,10,19H2,1-3H3. The van der Waals surface area contributed by atoms with Gasteiger partial charge in [0.1, 0.15) is 0 Å². The van der Waals surface area contributed by atoms with E-state index >= 15 is 0 Å². The number of benzene rings is 1. The number of rotatable bonds is 6. The zero-order valence-electron chi connectivity index (χ0n) is 12.7. The Hall–Kier alpha value is -0.990. The molecule has 0 aliphatic carbocycles. The van der Waals surface area contributed by atoms with Crippen LogP contribution in [0, 0.1) is 5.92 Å². The average Bonchev–Trinajstić information content (AvgIpc) is 2.66. The Morgan fingerprint density at radius 3 is 2.70 bits per heavy atom. The van der Waals surface area contributed by atoms with E-state index in [1.807, 2.05) is 6.07 Å². The van der Waals surface area contributed by atoms with Crippen LogP contribution >= 0.6 is 11.6 Å². The molecule has 2 nitrogen and oxygen atoms in total. The fraction of sp³-hybridized carbons (Fsp3) is 0.529. The first-order valence-corrected chi connectivity index (χ1v) is 7.92. The molecule has 0 radical (unpaired) electrons. The van der Waals surface area contributed by atoms with Crippen LogP contribution in [0.25, 0.3) is 10.9 Å². The number of hydrogen-bond acceptors (Lipinski definition) is 1. The van der Waals surface area contributed by atoms with Crippen molar-refractivity contribution in [1.29, 1.82) is 0 Å². The van der Waals surface area contributed by atoms with Gasteiger partial charge < -0.3 is 10.3 Å². The lowest BCUT2D eigenvalue weighted by Crippen LogP contribution is -2.17. The minimum Gasteiger partial charge on any atom is -0.347 e. The molecule has 2 rings (SSSR count). The van der Waals surface area contributed by atoms with Gasteiger partial charge in [0.25, 0.3) is 0 Å². The minimum absolute atomic E-state index is 0.179. The van der Waals surface area contributed by atoms with Crippen LogP contribution in [0.4, 0.5) is 0 Å². The molecule has 2 unspecified atom stereocenters. The molecule has 0 amide bonds. The van der Waals surface area contributed by atoms with Crippen molar-refractivity contribution < 1.29 is 0 Å². The van der Waals surface area contributed by atoms with Crippen LogP contribution < -0.4 is 5.73 Å². The Labute approximate surface area is 126 Å². The minimum atomic E-state index is 0.179. The molecule has 3 heteroatoms. The third kappa shape index (κ3) is 3.56. The lowest BCUT2D eigenvalue weighted by molar-refractivity contribution is 0.453. The second-order valence-electron chi connectivity index (χ2n) is 6.04. The average molecular weight is 293 g/mol. The van der Waals surface area contributed by atoms with Crippen molar-refractivity contribution in [3.8, 4) is 0 Å². The van der Waals surface area contributed by atoms with Crippen molar-refractivity contribution in [2.75, 3.05) is 0 Å². The summed E-state index contributed by atoms with van der Waals surface area (Å²) in [4.78, 5) is 0. The first-order chi connectivity index (χ1) is 9.51. The topological polar surface area (TPSA) is 30.9 Å². The Morgan fingerprint density at radius 1 is 1.30 bits per heavy atom. The Bertz CT molecular complexity index is 572. The van der Waals surface area contributed by atoms with Gasteiger partial charge in [-0.15, -0.1) is 0 Å². The monoisotopic (exact) mass is 292 g/mol. The van der Waals surface area contributed by atoms with Crippen LogP contribution in [0.5, 0.6) is 0 Å². The van der Waals surface area contributed by atoms with Gasteiger partial charge in [-0.05, 0) is 43.4 Å². The van der Waals surface area contributed by atoms with Gasteiger partial charge in [0.15, 0.2) is 0 Å². The summed E-state index contributed by atoms with van der Waals surface area (Å²) in [6.07, 6.45) is 5.65. The van der Waals surface area contributed by atoms with Gasteiger partial charge in [-0.3, -0.25) is 0 Å². The van der Waals surface area contributed by atoms with Crippen LogP contribution in [0.15, 0.2) is 24.4 Å². The van der Waals surface area contributed by atoms with Gasteiger partial charge in [0, 0.05) is 34.7 Å². The quantitative estimate of drug-likeness (QED) is 0.827. The van der Waals surface area contributed by atoms with Crippen LogP contribution in [-0.4, -0.2) is 10.6 Å². The van der Waals surface area contributed by atoms with Crippen LogP contribution in [0.3, 0.4) is 0 Å². The van der Waals surface area contributed by atoms with Crippen LogP contribution in [0.1, 0.15) is 39.2 Å². The van der Waals surface area contributed by atoms with E-state index in [0.29, 0.717) is 5.92 Å². The third-order valence-electron chi connectivity index (χ3n) is 3.76. The maximum Gasteiger partial charge on any atom is 0.0498 e. The molecule has 0 saturated heterocycles. The van der Waals surface area contributed by atoms with Crippen molar-refractivity contribution >= 4 is 22.5 Å². The van der Waals surface area contributed by atoms with E-state index in [-0.39, 0.29) is 6.04 Å². The predicted octanol–water partition coefficient (Wildman–Crippen LogP) is 4.62. The Balaban J connectivity index is 2.39. The normalized spacial score (nSPS) is 14.7. The highest BCUT2D eigenvalue weighted by Gasteiger charge is 2.12. The van der Waals surface area contributed by atoms with Gasteiger partial charge >= 0.3 is 0 Å². The highest BCUT2D eigenvalue weighted by Crippen LogP contribution is 2.27. The molecular formula is C17H25ClN2. The van der Waals surface area contributed by atoms with Crippen LogP contribution in [0.2, 0.25) is 5.02 Å². The first kappa shape index (κ1) is 15.4. The van der Waals surface area contributed by atoms with Crippen LogP contribution in [-0.2, 0) is 13.0 Å². The summed E-state index contributed by atoms with van der Waals surface area (Å²) in [7, 11) is 0. The van der Waals surface area contributed by atoms with Crippen molar-refractivity contribution in [3.63, 3.8) is 0 Å². The molecule has 20 heavy (non-hydrogen) atoms. The fourth-order valence-electron chi connectivity index (χ4n) is 2.92. The predicted molar refractivity (Wildman–Crippen MR) is 88.4 cm³/mol. The summed E-state index contributed by atoms with van der Waals surface area (Å²) in [5, 5.41) is 2.09. The molecule has 1 heterocycles. The molecular weight excluding hydrogens is 268 g/mol. The maximum absolute atomic E-state index is 6.17. The van der Waals surface area contributed by atoms with E-state index in [1.54, 1.807) is 0 Å². The molecule has 1 aromatic carbocycles. The van der Waals surface area contributed by atoms with Gasteiger partial charge in [0.05, 0.1) is 0 Å². The SMILES string of the molecule is CCCC(C)Cn1cc(CC(C)N)c2ccc(Cl)cc21. The smallest absolute Gasteiger partial charge is 0.0498 e. The molecule has 0 fully saturated rings. The molecule has 0 aliphatic rings. The molecule has 110 valence electrons. The van der Waals surface area contributed by atoms with E-state index in [1.165, 1.54) is 29.3 Å². The van der Waals surface area contributed by atoms with Crippen molar-refractivity contribution in [3.05, 3.63) is 35.0 Å². The summed E-state index contributed by atoms with van der Waals surface area (Å²) in [5.41, 5.74) is 8.53. The summed E-state index contributed by atoms with van der Waals surface area (Å²) in [6.45, 7) is 7.65. The van der Waals surface area contributed by atoms with Gasteiger partial charge in [-0.25, -0.2) is 0 Å². The summed E-state index contributed by atoms with van der Waals surface area (Å²) >= 11 is 6.17. The largest absolute Gasteiger partial charge is 0.347 e. The number of halogens is 1. The van der Waals surface area contributed by atoms with E-state index in [2.05, 4.69) is 43.7 Å². The second kappa shape index (κ2) is 6.64. The van der Waals surface area contributed by atoms with Gasteiger partial charge in [-0.2, -0.15) is 0 Å². The van der Waals surface area contributed by atoms with Gasteiger partial charge in [-0.1, -0.05) is 37.9 Å². The lowest BCUT2D eigenvalue weighted by Gasteiger charge is -2.12. The molecule has 1 aromatic heterocycles. The molecule has 0 aliphatic heterocycles. The van der Waals surface area contributed by atoms with Gasteiger partial charge in [0.2, 0.25) is 0 Å². The number of fused-ring (bicyclic) bond motifs is 1. The van der Waals surface area contributed by atoms with E-state index in [4.69, 9.17) is 17.3 Å². The maximum atomic E-state index is 6.17. The number of nitrogens with two attached hydrogens (primary N) is 1. The van der Waals surface area contributed by atoms with E-state index in [9.17, 15) is 0 Å². The highest BCUT2D eigenvalue weighted by molar-refractivity contribution is 6.31. The molecule has 0 saturated carbocycles. The molecule has 2 atom stereocenters. The summed E-state index contributed by atoms with van der Waals surface area (Å²) in [6, 6.07) is 6.34. The lowest BCUT2D eigenvalue weighted by atomic mass is 10.1. The zero-order chi connectivity index (χ0) is 14.7. The zero-order valence-corrected chi connectivity index (χ0v) is 13.5.